The second kappa shape index (κ2) is 16.0. The lowest BCUT2D eigenvalue weighted by molar-refractivity contribution is -0.136. The number of nitrogens with one attached hydrogen (secondary N) is 2. The van der Waals surface area contributed by atoms with Crippen molar-refractivity contribution in [1.29, 1.82) is 0 Å². The zero-order chi connectivity index (χ0) is 34.3. The number of nitrogens with zero attached hydrogens (tertiary/aromatic N) is 2. The SMILES string of the molecule is Cl.NCc1ccc(N2C(=O)C(CC(=O)NCc3ccccc3F)C(=O)N(Cc3ccc(NC(=O)c4ccccc4)cc3)c3ccccc32)cc1. The first kappa shape index (κ1) is 35.5. The van der Waals surface area contributed by atoms with Crippen molar-refractivity contribution in [3.8, 4) is 0 Å². The summed E-state index contributed by atoms with van der Waals surface area (Å²) in [5, 5.41) is 5.54. The highest BCUT2D eigenvalue weighted by Crippen LogP contribution is 2.40. The number of hydrogen-bond donors (Lipinski definition) is 3. The van der Waals surface area contributed by atoms with E-state index in [0.29, 0.717) is 34.9 Å². The Bertz CT molecular complexity index is 1990. The van der Waals surface area contributed by atoms with Crippen molar-refractivity contribution in [2.45, 2.75) is 26.1 Å². The third-order valence-corrected chi connectivity index (χ3v) is 8.34. The molecule has 1 unspecified atom stereocenters. The van der Waals surface area contributed by atoms with E-state index in [1.165, 1.54) is 15.9 Å². The minimum absolute atomic E-state index is 0. The van der Waals surface area contributed by atoms with E-state index in [-0.39, 0.29) is 37.0 Å². The molecule has 0 saturated heterocycles. The monoisotopic (exact) mass is 691 g/mol. The first-order chi connectivity index (χ1) is 23.8. The molecular weight excluding hydrogens is 657 g/mol. The van der Waals surface area contributed by atoms with E-state index in [9.17, 15) is 23.6 Å². The maximum absolute atomic E-state index is 14.4. The molecule has 0 radical (unpaired) electrons. The van der Waals surface area contributed by atoms with E-state index in [0.717, 1.165) is 11.1 Å². The number of benzene rings is 5. The Balaban J connectivity index is 0.00000486. The summed E-state index contributed by atoms with van der Waals surface area (Å²) in [6.07, 6.45) is -0.446. The molecular formula is C39H35ClFN5O4. The van der Waals surface area contributed by atoms with Crippen LogP contribution in [-0.2, 0) is 34.0 Å². The summed E-state index contributed by atoms with van der Waals surface area (Å²) in [5.74, 6) is -3.80. The Morgan fingerprint density at radius 1 is 0.720 bits per heavy atom. The molecule has 1 atom stereocenters. The molecule has 11 heteroatoms. The summed E-state index contributed by atoms with van der Waals surface area (Å²) in [6, 6.07) is 36.2. The summed E-state index contributed by atoms with van der Waals surface area (Å²) < 4.78 is 14.2. The number of carbonyl (C=O) groups excluding carboxylic acids is 4. The number of anilines is 4. The van der Waals surface area contributed by atoms with Gasteiger partial charge in [0.2, 0.25) is 17.7 Å². The number of hydrogen-bond acceptors (Lipinski definition) is 5. The lowest BCUT2D eigenvalue weighted by atomic mass is 10.0. The van der Waals surface area contributed by atoms with Crippen molar-refractivity contribution in [3.05, 3.63) is 155 Å². The molecule has 0 bridgehead atoms. The fourth-order valence-corrected chi connectivity index (χ4v) is 5.72. The van der Waals surface area contributed by atoms with Gasteiger partial charge in [-0.25, -0.2) is 4.39 Å². The molecule has 254 valence electrons. The van der Waals surface area contributed by atoms with Crippen molar-refractivity contribution < 1.29 is 23.6 Å². The topological polar surface area (TPSA) is 125 Å². The van der Waals surface area contributed by atoms with Gasteiger partial charge in [-0.2, -0.15) is 0 Å². The molecule has 1 aliphatic heterocycles. The third-order valence-electron chi connectivity index (χ3n) is 8.34. The average Bonchev–Trinajstić information content (AvgIpc) is 3.21. The molecule has 1 aliphatic rings. The molecule has 0 aromatic heterocycles. The second-order valence-electron chi connectivity index (χ2n) is 11.6. The lowest BCUT2D eigenvalue weighted by Gasteiger charge is -2.26. The van der Waals surface area contributed by atoms with Gasteiger partial charge in [0.25, 0.3) is 5.91 Å². The van der Waals surface area contributed by atoms with Gasteiger partial charge in [0.05, 0.1) is 17.9 Å². The number of amides is 4. The fraction of sp³-hybridized carbons (Fsp3) is 0.128. The molecule has 9 nitrogen and oxygen atoms in total. The molecule has 4 amide bonds. The quantitative estimate of drug-likeness (QED) is 0.144. The molecule has 0 fully saturated rings. The van der Waals surface area contributed by atoms with Crippen molar-refractivity contribution in [2.75, 3.05) is 15.1 Å². The van der Waals surface area contributed by atoms with Crippen LogP contribution in [0, 0.1) is 11.7 Å². The zero-order valence-electron chi connectivity index (χ0n) is 26.9. The number of rotatable bonds is 10. The molecule has 5 aromatic rings. The summed E-state index contributed by atoms with van der Waals surface area (Å²) in [4.78, 5) is 57.7. The van der Waals surface area contributed by atoms with Crippen molar-refractivity contribution in [1.82, 2.24) is 5.32 Å². The van der Waals surface area contributed by atoms with Crippen LogP contribution in [-0.4, -0.2) is 23.6 Å². The molecule has 0 spiro atoms. The second-order valence-corrected chi connectivity index (χ2v) is 11.6. The standard InChI is InChI=1S/C39H34FN5O4.ClH/c40-33-11-5-4-10-29(33)24-42-36(46)22-32-38(48)44(25-27-14-18-30(19-15-27)43-37(47)28-8-2-1-3-9-28)34-12-6-7-13-35(34)45(39(32)49)31-20-16-26(23-41)17-21-31;/h1-21,32H,22-25,41H2,(H,42,46)(H,43,47);1H. The van der Waals surface area contributed by atoms with Crippen LogP contribution in [0.4, 0.5) is 27.1 Å². The van der Waals surface area contributed by atoms with Gasteiger partial charge < -0.3 is 21.3 Å². The minimum Gasteiger partial charge on any atom is -0.352 e. The van der Waals surface area contributed by atoms with Gasteiger partial charge in [0, 0.05) is 42.0 Å². The largest absolute Gasteiger partial charge is 0.352 e. The van der Waals surface area contributed by atoms with E-state index in [1.807, 2.05) is 18.2 Å². The van der Waals surface area contributed by atoms with Crippen LogP contribution in [0.5, 0.6) is 0 Å². The van der Waals surface area contributed by atoms with Crippen LogP contribution in [0.25, 0.3) is 0 Å². The van der Waals surface area contributed by atoms with Crippen molar-refractivity contribution in [3.63, 3.8) is 0 Å². The Labute approximate surface area is 295 Å². The summed E-state index contributed by atoms with van der Waals surface area (Å²) in [6.45, 7) is 0.307. The Morgan fingerprint density at radius 3 is 2.02 bits per heavy atom. The number of fused-ring (bicyclic) bond motifs is 1. The first-order valence-electron chi connectivity index (χ1n) is 15.8. The van der Waals surface area contributed by atoms with E-state index >= 15 is 0 Å². The highest BCUT2D eigenvalue weighted by Gasteiger charge is 2.42. The first-order valence-corrected chi connectivity index (χ1v) is 15.8. The predicted octanol–water partition coefficient (Wildman–Crippen LogP) is 6.49. The predicted molar refractivity (Wildman–Crippen MR) is 194 cm³/mol. The smallest absolute Gasteiger partial charge is 0.255 e. The van der Waals surface area contributed by atoms with Gasteiger partial charge in [-0.05, 0) is 65.7 Å². The van der Waals surface area contributed by atoms with E-state index in [4.69, 9.17) is 5.73 Å². The normalized spacial score (nSPS) is 13.9. The summed E-state index contributed by atoms with van der Waals surface area (Å²) in [5.41, 5.74) is 10.3. The van der Waals surface area contributed by atoms with Crippen LogP contribution >= 0.6 is 12.4 Å². The van der Waals surface area contributed by atoms with Crippen LogP contribution in [0.1, 0.15) is 33.5 Å². The number of nitrogens with two attached hydrogens (primary N) is 1. The molecule has 4 N–H and O–H groups in total. The molecule has 0 aliphatic carbocycles. The zero-order valence-corrected chi connectivity index (χ0v) is 27.7. The van der Waals surface area contributed by atoms with Crippen LogP contribution in [0.3, 0.4) is 0 Å². The molecule has 0 saturated carbocycles. The van der Waals surface area contributed by atoms with Gasteiger partial charge in [-0.1, -0.05) is 72.8 Å². The Morgan fingerprint density at radius 2 is 1.34 bits per heavy atom. The molecule has 6 rings (SSSR count). The number of para-hydroxylation sites is 2. The van der Waals surface area contributed by atoms with Gasteiger partial charge in [-0.3, -0.25) is 24.1 Å². The summed E-state index contributed by atoms with van der Waals surface area (Å²) >= 11 is 0. The van der Waals surface area contributed by atoms with Gasteiger partial charge in [0.1, 0.15) is 11.7 Å². The van der Waals surface area contributed by atoms with E-state index in [1.54, 1.807) is 103 Å². The van der Waals surface area contributed by atoms with E-state index in [2.05, 4.69) is 10.6 Å². The number of halogens is 2. The van der Waals surface area contributed by atoms with Crippen LogP contribution in [0.2, 0.25) is 0 Å². The molecule has 50 heavy (non-hydrogen) atoms. The maximum Gasteiger partial charge on any atom is 0.255 e. The Hall–Kier alpha value is -5.84. The number of carbonyl (C=O) groups is 4. The maximum atomic E-state index is 14.4. The lowest BCUT2D eigenvalue weighted by Crippen LogP contribution is -2.43. The van der Waals surface area contributed by atoms with Crippen molar-refractivity contribution in [2.24, 2.45) is 11.7 Å². The fourth-order valence-electron chi connectivity index (χ4n) is 5.72. The Kier molecular flexibility index (Phi) is 11.4. The van der Waals surface area contributed by atoms with Crippen LogP contribution < -0.4 is 26.2 Å². The molecule has 5 aromatic carbocycles. The van der Waals surface area contributed by atoms with Gasteiger partial charge in [-0.15, -0.1) is 12.4 Å². The minimum atomic E-state index is -1.38. The highest BCUT2D eigenvalue weighted by atomic mass is 35.5. The third kappa shape index (κ3) is 7.89. The van der Waals surface area contributed by atoms with Gasteiger partial charge in [0.15, 0.2) is 0 Å². The van der Waals surface area contributed by atoms with Crippen molar-refractivity contribution >= 4 is 58.8 Å². The van der Waals surface area contributed by atoms with Crippen LogP contribution in [0.15, 0.2) is 127 Å². The average molecular weight is 692 g/mol. The van der Waals surface area contributed by atoms with Gasteiger partial charge >= 0.3 is 0 Å². The van der Waals surface area contributed by atoms with E-state index < -0.39 is 35.9 Å². The molecule has 1 heterocycles. The summed E-state index contributed by atoms with van der Waals surface area (Å²) in [7, 11) is 0. The highest BCUT2D eigenvalue weighted by molar-refractivity contribution is 6.21.